The highest BCUT2D eigenvalue weighted by Crippen LogP contribution is 2.01. The zero-order valence-corrected chi connectivity index (χ0v) is 9.13. The van der Waals surface area contributed by atoms with Crippen LogP contribution in [-0.4, -0.2) is 21.2 Å². The Morgan fingerprint density at radius 2 is 1.83 bits per heavy atom. The minimum absolute atomic E-state index is 0.310. The first-order chi connectivity index (χ1) is 5.45. The zero-order chi connectivity index (χ0) is 9.61. The van der Waals surface area contributed by atoms with Crippen LogP contribution in [0, 0.1) is 0 Å². The largest absolute Gasteiger partial charge is 0.466 e. The van der Waals surface area contributed by atoms with Gasteiger partial charge in [-0.3, -0.25) is 0 Å². The van der Waals surface area contributed by atoms with Gasteiger partial charge in [0.05, 0.1) is 15.2 Å². The quantitative estimate of drug-likeness (QED) is 0.291. The Hall–Kier alpha value is -0.833. The van der Waals surface area contributed by atoms with Gasteiger partial charge < -0.3 is 4.74 Å². The Bertz CT molecular complexity index is 199. The summed E-state index contributed by atoms with van der Waals surface area (Å²) in [5.41, 5.74) is 2.16. The first-order valence-electron chi connectivity index (χ1n) is 3.89. The maximum atomic E-state index is 10.6. The molecule has 0 unspecified atom stereocenters. The molecule has 0 amide bonds. The normalized spacial score (nSPS) is 12.7. The van der Waals surface area contributed by atoms with E-state index in [-0.39, 0.29) is 5.97 Å². The number of carbonyl (C=O) groups excluding carboxylic acids is 1. The maximum Gasteiger partial charge on any atom is 0.330 e. The number of carbonyl (C=O) groups is 1. The third-order valence-corrected chi connectivity index (χ3v) is 2.33. The van der Waals surface area contributed by atoms with E-state index in [9.17, 15) is 4.79 Å². The van der Waals surface area contributed by atoms with Gasteiger partial charge in [0.2, 0.25) is 0 Å². The predicted octanol–water partition coefficient (Wildman–Crippen LogP) is 2.15. The molecule has 0 aliphatic carbocycles. The van der Waals surface area contributed by atoms with Crippen LogP contribution in [0.4, 0.5) is 0 Å². The van der Waals surface area contributed by atoms with Gasteiger partial charge in [-0.05, 0) is 0 Å². The molecule has 0 aliphatic heterocycles. The number of rotatable bonds is 3. The first kappa shape index (κ1) is 11.2. The van der Waals surface area contributed by atoms with E-state index in [1.54, 1.807) is 6.08 Å². The summed E-state index contributed by atoms with van der Waals surface area (Å²) in [6, 6.07) is 0. The second-order valence-electron chi connectivity index (χ2n) is 3.61. The highest BCUT2D eigenvalue weighted by Gasteiger charge is 2.05. The molecule has 0 bridgehead atoms. The van der Waals surface area contributed by atoms with Crippen molar-refractivity contribution >= 4 is 14.0 Å². The lowest BCUT2D eigenvalue weighted by atomic mass is 10.5. The van der Waals surface area contributed by atoms with E-state index in [2.05, 4.69) is 30.1 Å². The van der Waals surface area contributed by atoms with Crippen LogP contribution in [0.2, 0.25) is 19.6 Å². The molecule has 68 valence electrons. The van der Waals surface area contributed by atoms with E-state index in [0.29, 0.717) is 0 Å². The predicted molar refractivity (Wildman–Crippen MR) is 53.6 cm³/mol. The molecular weight excluding hydrogens is 168 g/mol. The number of hydrogen-bond acceptors (Lipinski definition) is 2. The van der Waals surface area contributed by atoms with Crippen LogP contribution >= 0.6 is 0 Å². The van der Waals surface area contributed by atoms with Gasteiger partial charge in [-0.1, -0.05) is 37.5 Å². The van der Waals surface area contributed by atoms with Crippen molar-refractivity contribution in [2.24, 2.45) is 0 Å². The molecule has 0 aromatic heterocycles. The molecule has 0 aliphatic rings. The monoisotopic (exact) mass is 184 g/mol. The number of methoxy groups -OCH3 is 1. The maximum absolute atomic E-state index is 10.6. The van der Waals surface area contributed by atoms with Gasteiger partial charge >= 0.3 is 5.97 Å². The van der Waals surface area contributed by atoms with E-state index in [1.165, 1.54) is 13.2 Å². The molecule has 0 atom stereocenters. The third-order valence-electron chi connectivity index (χ3n) is 1.14. The SMILES string of the molecule is COC(=O)/C=C/C=C/[Si](C)(C)C. The van der Waals surface area contributed by atoms with Crippen molar-refractivity contribution < 1.29 is 9.53 Å². The van der Waals surface area contributed by atoms with Crippen LogP contribution in [0.1, 0.15) is 0 Å². The molecule has 0 aromatic rings. The summed E-state index contributed by atoms with van der Waals surface area (Å²) < 4.78 is 4.43. The Morgan fingerprint density at radius 1 is 1.25 bits per heavy atom. The number of allylic oxidation sites excluding steroid dienone is 2. The van der Waals surface area contributed by atoms with Gasteiger partial charge in [0.15, 0.2) is 0 Å². The second kappa shape index (κ2) is 4.93. The smallest absolute Gasteiger partial charge is 0.330 e. The van der Waals surface area contributed by atoms with Gasteiger partial charge in [-0.25, -0.2) is 4.79 Å². The lowest BCUT2D eigenvalue weighted by molar-refractivity contribution is -0.134. The minimum atomic E-state index is -1.12. The van der Waals surface area contributed by atoms with Gasteiger partial charge in [-0.2, -0.15) is 0 Å². The molecule has 0 N–H and O–H groups in total. The fourth-order valence-electron chi connectivity index (χ4n) is 0.546. The summed E-state index contributed by atoms with van der Waals surface area (Å²) in [5.74, 6) is -0.310. The van der Waals surface area contributed by atoms with Gasteiger partial charge in [0.25, 0.3) is 0 Å². The Morgan fingerprint density at radius 3 is 2.25 bits per heavy atom. The average Bonchev–Trinajstić information content (AvgIpc) is 1.96. The number of esters is 1. The molecule has 0 aromatic carbocycles. The van der Waals surface area contributed by atoms with Crippen LogP contribution < -0.4 is 0 Å². The van der Waals surface area contributed by atoms with E-state index in [1.807, 2.05) is 6.08 Å². The first-order valence-corrected chi connectivity index (χ1v) is 7.47. The number of ether oxygens (including phenoxy) is 1. The van der Waals surface area contributed by atoms with Crippen molar-refractivity contribution in [1.29, 1.82) is 0 Å². The zero-order valence-electron chi connectivity index (χ0n) is 8.13. The van der Waals surface area contributed by atoms with E-state index in [4.69, 9.17) is 0 Å². The van der Waals surface area contributed by atoms with Crippen molar-refractivity contribution in [3.05, 3.63) is 23.9 Å². The molecule has 0 saturated heterocycles. The molecule has 0 radical (unpaired) electrons. The van der Waals surface area contributed by atoms with Crippen molar-refractivity contribution in [2.45, 2.75) is 19.6 Å². The molecule has 0 saturated carbocycles. The molecule has 0 rings (SSSR count). The van der Waals surface area contributed by atoms with Crippen molar-refractivity contribution in [2.75, 3.05) is 7.11 Å². The fourth-order valence-corrected chi connectivity index (χ4v) is 1.23. The average molecular weight is 184 g/mol. The fraction of sp³-hybridized carbons (Fsp3) is 0.444. The van der Waals surface area contributed by atoms with E-state index >= 15 is 0 Å². The number of hydrogen-bond donors (Lipinski definition) is 0. The molecule has 0 fully saturated rings. The van der Waals surface area contributed by atoms with Crippen molar-refractivity contribution in [3.63, 3.8) is 0 Å². The molecule has 3 heteroatoms. The lowest BCUT2D eigenvalue weighted by Gasteiger charge is -2.06. The topological polar surface area (TPSA) is 26.3 Å². The van der Waals surface area contributed by atoms with E-state index in [0.717, 1.165) is 0 Å². The molecule has 12 heavy (non-hydrogen) atoms. The van der Waals surface area contributed by atoms with Crippen LogP contribution in [-0.2, 0) is 9.53 Å². The van der Waals surface area contributed by atoms with E-state index < -0.39 is 8.07 Å². The molecule has 2 nitrogen and oxygen atoms in total. The van der Waals surface area contributed by atoms with Gasteiger partial charge in [-0.15, -0.1) is 0 Å². The van der Waals surface area contributed by atoms with Crippen LogP contribution in [0.5, 0.6) is 0 Å². The van der Waals surface area contributed by atoms with Crippen molar-refractivity contribution in [3.8, 4) is 0 Å². The molecular formula is C9H16O2Si. The highest BCUT2D eigenvalue weighted by atomic mass is 28.3. The van der Waals surface area contributed by atoms with Crippen LogP contribution in [0.15, 0.2) is 23.9 Å². The van der Waals surface area contributed by atoms with Gasteiger partial charge in [0, 0.05) is 6.08 Å². The standard InChI is InChI=1S/C9H16O2Si/c1-11-9(10)7-5-6-8-12(2,3)4/h5-8H,1-4H3/b7-5+,8-6+. The van der Waals surface area contributed by atoms with Crippen molar-refractivity contribution in [1.82, 2.24) is 0 Å². The summed E-state index contributed by atoms with van der Waals surface area (Å²) in [7, 11) is 0.247. The van der Waals surface area contributed by atoms with Crippen LogP contribution in [0.3, 0.4) is 0 Å². The summed E-state index contributed by atoms with van der Waals surface area (Å²) in [6.07, 6.45) is 5.03. The Kier molecular flexibility index (Phi) is 4.59. The summed E-state index contributed by atoms with van der Waals surface area (Å²) >= 11 is 0. The Labute approximate surface area is 74.9 Å². The summed E-state index contributed by atoms with van der Waals surface area (Å²) in [6.45, 7) is 6.69. The van der Waals surface area contributed by atoms with Crippen LogP contribution in [0.25, 0.3) is 0 Å². The van der Waals surface area contributed by atoms with Gasteiger partial charge in [0.1, 0.15) is 0 Å². The Balaban J connectivity index is 3.90. The minimum Gasteiger partial charge on any atom is -0.466 e. The second-order valence-corrected chi connectivity index (χ2v) is 8.67. The molecule has 0 heterocycles. The highest BCUT2D eigenvalue weighted by molar-refractivity contribution is 6.80. The third kappa shape index (κ3) is 7.28. The summed E-state index contributed by atoms with van der Waals surface area (Å²) in [4.78, 5) is 10.6. The molecule has 0 spiro atoms. The summed E-state index contributed by atoms with van der Waals surface area (Å²) in [5, 5.41) is 0. The lowest BCUT2D eigenvalue weighted by Crippen LogP contribution is -2.15.